The van der Waals surface area contributed by atoms with Crippen LogP contribution in [-0.2, 0) is 9.53 Å². The van der Waals surface area contributed by atoms with E-state index in [-0.39, 0.29) is 17.0 Å². The second-order valence-corrected chi connectivity index (χ2v) is 10.7. The number of thioether (sulfide) groups is 1. The molecular formula is C22H20BrN3O10S. The summed E-state index contributed by atoms with van der Waals surface area (Å²) in [7, 11) is 0. The summed E-state index contributed by atoms with van der Waals surface area (Å²) in [6, 6.07) is 6.59. The van der Waals surface area contributed by atoms with E-state index in [1.165, 1.54) is 25.1 Å². The van der Waals surface area contributed by atoms with E-state index in [2.05, 4.69) is 15.9 Å². The molecule has 196 valence electrons. The molecule has 13 nitrogen and oxygen atoms in total. The predicted molar refractivity (Wildman–Crippen MR) is 135 cm³/mol. The zero-order valence-electron chi connectivity index (χ0n) is 19.6. The summed E-state index contributed by atoms with van der Waals surface area (Å²) in [6.07, 6.45) is -0.936. The van der Waals surface area contributed by atoms with Crippen LogP contribution >= 0.6 is 27.7 Å². The Labute approximate surface area is 222 Å². The normalized spacial score (nSPS) is 18.6. The number of benzene rings is 2. The van der Waals surface area contributed by atoms with Gasteiger partial charge in [0.05, 0.1) is 31.6 Å². The third-order valence-electron chi connectivity index (χ3n) is 5.48. The van der Waals surface area contributed by atoms with Crippen LogP contribution in [0.5, 0.6) is 5.75 Å². The van der Waals surface area contributed by atoms with Gasteiger partial charge in [0.15, 0.2) is 0 Å². The lowest BCUT2D eigenvalue weighted by Crippen LogP contribution is -2.46. The van der Waals surface area contributed by atoms with Gasteiger partial charge in [0.2, 0.25) is 5.12 Å². The van der Waals surface area contributed by atoms with Crippen LogP contribution in [0.2, 0.25) is 0 Å². The van der Waals surface area contributed by atoms with Crippen LogP contribution in [0.15, 0.2) is 36.4 Å². The van der Waals surface area contributed by atoms with Crippen LogP contribution in [0.4, 0.5) is 17.1 Å². The zero-order valence-corrected chi connectivity index (χ0v) is 22.0. The highest BCUT2D eigenvalue weighted by atomic mass is 79.9. The summed E-state index contributed by atoms with van der Waals surface area (Å²) < 4.78 is 11.6. The van der Waals surface area contributed by atoms with E-state index in [0.717, 1.165) is 18.2 Å². The minimum absolute atomic E-state index is 0.0878. The molecule has 1 aliphatic rings. The molecule has 0 spiro atoms. The van der Waals surface area contributed by atoms with Crippen LogP contribution < -0.4 is 4.74 Å². The fraction of sp³-hybridized carbons (Fsp3) is 0.364. The zero-order chi connectivity index (χ0) is 27.7. The van der Waals surface area contributed by atoms with E-state index in [1.54, 1.807) is 13.8 Å². The average Bonchev–Trinajstić information content (AvgIpc) is 2.83. The van der Waals surface area contributed by atoms with Gasteiger partial charge in [-0.1, -0.05) is 34.6 Å². The Morgan fingerprint density at radius 2 is 1.59 bits per heavy atom. The number of carbonyl (C=O) groups is 2. The van der Waals surface area contributed by atoms with E-state index in [9.17, 15) is 39.9 Å². The van der Waals surface area contributed by atoms with Crippen molar-refractivity contribution in [1.29, 1.82) is 0 Å². The van der Waals surface area contributed by atoms with Crippen molar-refractivity contribution < 1.29 is 33.8 Å². The van der Waals surface area contributed by atoms with E-state index in [4.69, 9.17) is 9.47 Å². The standard InChI is InChI=1S/C22H20BrN3O10S/c1-11(10-37-21(28)12-6-14(25(31)32)8-15(7-12)26(33)34)20(27)35-18-16-9-13(24(29)30)4-5-17(16)36-22(2,3)19(18)23/h4-9,11,18-19H,10H2,1-3H3. The monoisotopic (exact) mass is 597 g/mol. The molecule has 0 fully saturated rings. The number of hydrogen-bond acceptors (Lipinski definition) is 11. The first-order valence-corrected chi connectivity index (χ1v) is 12.5. The molecular weight excluding hydrogens is 578 g/mol. The van der Waals surface area contributed by atoms with Gasteiger partial charge in [-0.2, -0.15) is 0 Å². The van der Waals surface area contributed by atoms with Crippen LogP contribution in [0, 0.1) is 36.3 Å². The van der Waals surface area contributed by atoms with E-state index < -0.39 is 59.7 Å². The number of carbonyl (C=O) groups excluding carboxylic acids is 2. The molecule has 2 aromatic rings. The highest BCUT2D eigenvalue weighted by molar-refractivity contribution is 9.09. The summed E-state index contributed by atoms with van der Waals surface area (Å²) in [5, 5.41) is 32.7. The molecule has 1 aliphatic heterocycles. The van der Waals surface area contributed by atoms with E-state index in [1.807, 2.05) is 0 Å². The second-order valence-electron chi connectivity index (χ2n) is 8.70. The number of esters is 1. The molecule has 3 rings (SSSR count). The minimum Gasteiger partial charge on any atom is -0.486 e. The number of ether oxygens (including phenoxy) is 2. The molecule has 2 aromatic carbocycles. The molecule has 0 saturated heterocycles. The highest BCUT2D eigenvalue weighted by Crippen LogP contribution is 2.46. The third kappa shape index (κ3) is 6.22. The maximum atomic E-state index is 12.9. The minimum atomic E-state index is -0.936. The molecule has 3 unspecified atom stereocenters. The molecule has 0 saturated carbocycles. The molecule has 0 amide bonds. The van der Waals surface area contributed by atoms with E-state index >= 15 is 0 Å². The van der Waals surface area contributed by atoms with Crippen molar-refractivity contribution in [2.45, 2.75) is 37.3 Å². The van der Waals surface area contributed by atoms with Crippen molar-refractivity contribution in [1.82, 2.24) is 0 Å². The highest BCUT2D eigenvalue weighted by Gasteiger charge is 2.45. The Morgan fingerprint density at radius 1 is 1.03 bits per heavy atom. The lowest BCUT2D eigenvalue weighted by molar-refractivity contribution is -0.394. The molecule has 37 heavy (non-hydrogen) atoms. The maximum absolute atomic E-state index is 12.9. The SMILES string of the molecule is CC(CSC(=O)c1cc([N+](=O)[O-])cc([N+](=O)[O-])c1)C(=O)OC1c2cc([N+](=O)[O-])ccc2OC(C)(C)C1Br. The number of alkyl halides is 1. The van der Waals surface area contributed by atoms with Crippen molar-refractivity contribution in [3.05, 3.63) is 77.9 Å². The van der Waals surface area contributed by atoms with Crippen molar-refractivity contribution in [3.63, 3.8) is 0 Å². The number of nitrogens with zero attached hydrogens (tertiary/aromatic N) is 3. The van der Waals surface area contributed by atoms with Crippen LogP contribution in [0.1, 0.15) is 42.8 Å². The summed E-state index contributed by atoms with van der Waals surface area (Å²) in [5.74, 6) is -1.30. The molecule has 1 heterocycles. The second kappa shape index (κ2) is 10.8. The van der Waals surface area contributed by atoms with E-state index in [0.29, 0.717) is 23.1 Å². The number of fused-ring (bicyclic) bond motifs is 1. The van der Waals surface area contributed by atoms with Gasteiger partial charge in [-0.3, -0.25) is 39.9 Å². The number of nitro groups is 3. The molecule has 0 aromatic heterocycles. The average molecular weight is 598 g/mol. The van der Waals surface area contributed by atoms with Gasteiger partial charge in [-0.15, -0.1) is 0 Å². The van der Waals surface area contributed by atoms with Crippen LogP contribution in [0.25, 0.3) is 0 Å². The fourth-order valence-electron chi connectivity index (χ4n) is 3.47. The number of nitro benzene ring substituents is 3. The summed E-state index contributed by atoms with van der Waals surface area (Å²) >= 11 is 4.12. The quantitative estimate of drug-likeness (QED) is 0.170. The lowest BCUT2D eigenvalue weighted by atomic mass is 9.91. The Morgan fingerprint density at radius 3 is 2.14 bits per heavy atom. The van der Waals surface area contributed by atoms with Gasteiger partial charge >= 0.3 is 5.97 Å². The molecule has 3 atom stereocenters. The number of rotatable bonds is 8. The topological polar surface area (TPSA) is 182 Å². The Bertz CT molecular complexity index is 1270. The Kier molecular flexibility index (Phi) is 8.17. The fourth-order valence-corrected chi connectivity index (χ4v) is 4.78. The maximum Gasteiger partial charge on any atom is 0.310 e. The summed E-state index contributed by atoms with van der Waals surface area (Å²) in [6.45, 7) is 5.02. The van der Waals surface area contributed by atoms with Crippen molar-refractivity contribution >= 4 is 55.8 Å². The van der Waals surface area contributed by atoms with Crippen molar-refractivity contribution in [2.24, 2.45) is 5.92 Å². The first kappa shape index (κ1) is 28.0. The smallest absolute Gasteiger partial charge is 0.310 e. The van der Waals surface area contributed by atoms with Crippen molar-refractivity contribution in [3.8, 4) is 5.75 Å². The van der Waals surface area contributed by atoms with Gasteiger partial charge < -0.3 is 9.47 Å². The molecule has 0 bridgehead atoms. The predicted octanol–water partition coefficient (Wildman–Crippen LogP) is 5.14. The largest absolute Gasteiger partial charge is 0.486 e. The third-order valence-corrected chi connectivity index (χ3v) is 8.23. The first-order valence-electron chi connectivity index (χ1n) is 10.6. The van der Waals surface area contributed by atoms with Crippen LogP contribution in [-0.4, -0.2) is 42.0 Å². The van der Waals surface area contributed by atoms with Gasteiger partial charge in [0, 0.05) is 41.1 Å². The first-order chi connectivity index (χ1) is 17.2. The van der Waals surface area contributed by atoms with Gasteiger partial charge in [0.1, 0.15) is 17.5 Å². The summed E-state index contributed by atoms with van der Waals surface area (Å²) in [5.41, 5.74) is -2.20. The van der Waals surface area contributed by atoms with Gasteiger partial charge in [-0.25, -0.2) is 0 Å². The van der Waals surface area contributed by atoms with Gasteiger partial charge in [0.25, 0.3) is 17.1 Å². The number of halogens is 1. The lowest BCUT2D eigenvalue weighted by Gasteiger charge is -2.41. The van der Waals surface area contributed by atoms with Crippen LogP contribution in [0.3, 0.4) is 0 Å². The molecule has 15 heteroatoms. The number of hydrogen-bond donors (Lipinski definition) is 0. The Balaban J connectivity index is 1.75. The molecule has 0 N–H and O–H groups in total. The summed E-state index contributed by atoms with van der Waals surface area (Å²) in [4.78, 5) is 56.1. The molecule has 0 aliphatic carbocycles. The van der Waals surface area contributed by atoms with Crippen molar-refractivity contribution in [2.75, 3.05) is 5.75 Å². The van der Waals surface area contributed by atoms with Gasteiger partial charge in [-0.05, 0) is 19.9 Å². The Hall–Kier alpha value is -3.59. The number of non-ortho nitro benzene ring substituents is 3. The molecule has 0 radical (unpaired) electrons.